The molecule has 0 spiro atoms. The third-order valence-corrected chi connectivity index (χ3v) is 3.87. The van der Waals surface area contributed by atoms with Crippen LogP contribution in [0.15, 0.2) is 24.3 Å². The van der Waals surface area contributed by atoms with Crippen molar-refractivity contribution < 1.29 is 19.1 Å². The van der Waals surface area contributed by atoms with Crippen LogP contribution in [0.5, 0.6) is 5.75 Å². The first kappa shape index (κ1) is 16.1. The van der Waals surface area contributed by atoms with E-state index in [4.69, 9.17) is 4.74 Å². The molecule has 1 aromatic rings. The lowest BCUT2D eigenvalue weighted by atomic mass is 10.1. The number of nitrogens with zero attached hydrogens (tertiary/aromatic N) is 2. The normalized spacial score (nSPS) is 14.6. The van der Waals surface area contributed by atoms with Gasteiger partial charge in [0.1, 0.15) is 5.75 Å². The maximum Gasteiger partial charge on any atom is 0.409 e. The van der Waals surface area contributed by atoms with Crippen molar-refractivity contribution in [1.29, 1.82) is 0 Å². The van der Waals surface area contributed by atoms with Gasteiger partial charge >= 0.3 is 6.09 Å². The number of benzene rings is 1. The van der Waals surface area contributed by atoms with E-state index in [1.54, 1.807) is 16.9 Å². The number of amides is 2. The average Bonchev–Trinajstić information content (AvgIpc) is 2.59. The van der Waals surface area contributed by atoms with Gasteiger partial charge in [0.2, 0.25) is 5.91 Å². The molecule has 0 radical (unpaired) electrons. The molecule has 0 aromatic heterocycles. The topological polar surface area (TPSA) is 59.1 Å². The summed E-state index contributed by atoms with van der Waals surface area (Å²) in [4.78, 5) is 27.1. The Bertz CT molecular complexity index is 525. The van der Waals surface area contributed by atoms with Crippen molar-refractivity contribution in [3.05, 3.63) is 29.8 Å². The Morgan fingerprint density at radius 2 is 1.68 bits per heavy atom. The SMILES string of the molecule is COC(=O)N1CCN(C(=O)CCc2ccccc2OC)CC1. The Hall–Kier alpha value is -2.24. The lowest BCUT2D eigenvalue weighted by Gasteiger charge is -2.33. The lowest BCUT2D eigenvalue weighted by Crippen LogP contribution is -2.50. The van der Waals surface area contributed by atoms with Gasteiger partial charge in [-0.15, -0.1) is 0 Å². The average molecular weight is 306 g/mol. The molecule has 6 heteroatoms. The van der Waals surface area contributed by atoms with Crippen molar-refractivity contribution in [1.82, 2.24) is 9.80 Å². The second kappa shape index (κ2) is 7.68. The molecular weight excluding hydrogens is 284 g/mol. The monoisotopic (exact) mass is 306 g/mol. The maximum absolute atomic E-state index is 12.3. The van der Waals surface area contributed by atoms with Crippen LogP contribution in [-0.4, -0.2) is 62.2 Å². The molecule has 0 N–H and O–H groups in total. The minimum Gasteiger partial charge on any atom is -0.496 e. The number of aryl methyl sites for hydroxylation is 1. The van der Waals surface area contributed by atoms with Crippen LogP contribution in [0.2, 0.25) is 0 Å². The first-order valence-corrected chi connectivity index (χ1v) is 7.38. The third kappa shape index (κ3) is 3.90. The minimum atomic E-state index is -0.332. The highest BCUT2D eigenvalue weighted by Crippen LogP contribution is 2.19. The summed E-state index contributed by atoms with van der Waals surface area (Å²) in [5.41, 5.74) is 1.03. The largest absolute Gasteiger partial charge is 0.496 e. The molecule has 1 aromatic carbocycles. The summed E-state index contributed by atoms with van der Waals surface area (Å²) in [6, 6.07) is 7.73. The van der Waals surface area contributed by atoms with Crippen LogP contribution in [0.3, 0.4) is 0 Å². The summed E-state index contributed by atoms with van der Waals surface area (Å²) in [7, 11) is 3.00. The molecule has 6 nitrogen and oxygen atoms in total. The third-order valence-electron chi connectivity index (χ3n) is 3.87. The fraction of sp³-hybridized carbons (Fsp3) is 0.500. The zero-order valence-electron chi connectivity index (χ0n) is 13.1. The predicted octanol–water partition coefficient (Wildman–Crippen LogP) is 1.54. The number of carbonyl (C=O) groups excluding carboxylic acids is 2. The molecule has 22 heavy (non-hydrogen) atoms. The van der Waals surface area contributed by atoms with Crippen molar-refractivity contribution in [2.75, 3.05) is 40.4 Å². The van der Waals surface area contributed by atoms with E-state index in [1.165, 1.54) is 7.11 Å². The lowest BCUT2D eigenvalue weighted by molar-refractivity contribution is -0.132. The van der Waals surface area contributed by atoms with Gasteiger partial charge in [-0.1, -0.05) is 18.2 Å². The molecule has 1 fully saturated rings. The van der Waals surface area contributed by atoms with Crippen molar-refractivity contribution in [2.45, 2.75) is 12.8 Å². The maximum atomic E-state index is 12.3. The fourth-order valence-electron chi connectivity index (χ4n) is 2.58. The van der Waals surface area contributed by atoms with E-state index >= 15 is 0 Å². The number of rotatable bonds is 4. The van der Waals surface area contributed by atoms with Gasteiger partial charge in [-0.2, -0.15) is 0 Å². The van der Waals surface area contributed by atoms with Gasteiger partial charge in [-0.3, -0.25) is 4.79 Å². The number of hydrogen-bond donors (Lipinski definition) is 0. The Morgan fingerprint density at radius 3 is 2.32 bits per heavy atom. The van der Waals surface area contributed by atoms with E-state index in [2.05, 4.69) is 4.74 Å². The van der Waals surface area contributed by atoms with Crippen LogP contribution < -0.4 is 4.74 Å². The van der Waals surface area contributed by atoms with Crippen LogP contribution in [0.4, 0.5) is 4.79 Å². The Kier molecular flexibility index (Phi) is 5.63. The first-order chi connectivity index (χ1) is 10.7. The highest BCUT2D eigenvalue weighted by molar-refractivity contribution is 5.77. The van der Waals surface area contributed by atoms with Gasteiger partial charge < -0.3 is 19.3 Å². The zero-order valence-corrected chi connectivity index (χ0v) is 13.1. The number of carbonyl (C=O) groups is 2. The summed E-state index contributed by atoms with van der Waals surface area (Å²) in [5.74, 6) is 0.918. The van der Waals surface area contributed by atoms with Crippen LogP contribution >= 0.6 is 0 Å². The van der Waals surface area contributed by atoms with E-state index in [9.17, 15) is 9.59 Å². The van der Waals surface area contributed by atoms with Crippen molar-refractivity contribution in [3.8, 4) is 5.75 Å². The molecule has 2 rings (SSSR count). The number of methoxy groups -OCH3 is 2. The molecule has 1 saturated heterocycles. The molecule has 1 aliphatic heterocycles. The van der Waals surface area contributed by atoms with Crippen LogP contribution in [0.1, 0.15) is 12.0 Å². The van der Waals surface area contributed by atoms with Gasteiger partial charge in [-0.05, 0) is 18.1 Å². The van der Waals surface area contributed by atoms with Gasteiger partial charge in [0.25, 0.3) is 0 Å². The molecule has 2 amide bonds. The number of hydrogen-bond acceptors (Lipinski definition) is 4. The van der Waals surface area contributed by atoms with E-state index in [1.807, 2.05) is 24.3 Å². The number of para-hydroxylation sites is 1. The summed E-state index contributed by atoms with van der Waals surface area (Å²) < 4.78 is 9.98. The Labute approximate surface area is 130 Å². The molecule has 0 saturated carbocycles. The molecule has 0 atom stereocenters. The number of ether oxygens (including phenoxy) is 2. The number of piperazine rings is 1. The smallest absolute Gasteiger partial charge is 0.409 e. The Balaban J connectivity index is 1.82. The predicted molar refractivity (Wildman–Crippen MR) is 81.9 cm³/mol. The van der Waals surface area contributed by atoms with E-state index < -0.39 is 0 Å². The molecule has 0 unspecified atom stereocenters. The van der Waals surface area contributed by atoms with Gasteiger partial charge in [0.15, 0.2) is 0 Å². The zero-order chi connectivity index (χ0) is 15.9. The highest BCUT2D eigenvalue weighted by atomic mass is 16.5. The quantitative estimate of drug-likeness (QED) is 0.846. The summed E-state index contributed by atoms with van der Waals surface area (Å²) in [6.07, 6.45) is 0.764. The Morgan fingerprint density at radius 1 is 1.05 bits per heavy atom. The van der Waals surface area contributed by atoms with E-state index in [0.717, 1.165) is 11.3 Å². The van der Waals surface area contributed by atoms with Gasteiger partial charge in [0, 0.05) is 32.6 Å². The minimum absolute atomic E-state index is 0.107. The molecule has 1 aliphatic rings. The van der Waals surface area contributed by atoms with E-state index in [-0.39, 0.29) is 12.0 Å². The molecule has 120 valence electrons. The summed E-state index contributed by atoms with van der Waals surface area (Å²) >= 11 is 0. The second-order valence-electron chi connectivity index (χ2n) is 5.15. The van der Waals surface area contributed by atoms with Gasteiger partial charge in [-0.25, -0.2) is 4.79 Å². The molecular formula is C16H22N2O4. The molecule has 0 bridgehead atoms. The molecule has 1 heterocycles. The second-order valence-corrected chi connectivity index (χ2v) is 5.15. The first-order valence-electron chi connectivity index (χ1n) is 7.38. The van der Waals surface area contributed by atoms with Crippen LogP contribution in [0, 0.1) is 0 Å². The van der Waals surface area contributed by atoms with Crippen LogP contribution in [-0.2, 0) is 16.0 Å². The molecule has 0 aliphatic carbocycles. The van der Waals surface area contributed by atoms with Crippen molar-refractivity contribution in [2.24, 2.45) is 0 Å². The van der Waals surface area contributed by atoms with E-state index in [0.29, 0.717) is 39.0 Å². The van der Waals surface area contributed by atoms with Crippen molar-refractivity contribution >= 4 is 12.0 Å². The van der Waals surface area contributed by atoms with Crippen molar-refractivity contribution in [3.63, 3.8) is 0 Å². The van der Waals surface area contributed by atoms with Crippen LogP contribution in [0.25, 0.3) is 0 Å². The van der Waals surface area contributed by atoms with Gasteiger partial charge in [0.05, 0.1) is 14.2 Å². The standard InChI is InChI=1S/C16H22N2O4/c1-21-14-6-4-3-5-13(14)7-8-15(19)17-9-11-18(12-10-17)16(20)22-2/h3-6H,7-12H2,1-2H3. The summed E-state index contributed by atoms with van der Waals surface area (Å²) in [5, 5.41) is 0. The fourth-order valence-corrected chi connectivity index (χ4v) is 2.58. The summed E-state index contributed by atoms with van der Waals surface area (Å²) in [6.45, 7) is 2.15. The highest BCUT2D eigenvalue weighted by Gasteiger charge is 2.24.